The van der Waals surface area contributed by atoms with Gasteiger partial charge in [0.25, 0.3) is 0 Å². The third kappa shape index (κ3) is 3.50. The molecule has 0 saturated heterocycles. The lowest BCUT2D eigenvalue weighted by atomic mass is 10.2. The molecule has 1 heterocycles. The number of methoxy groups -OCH3 is 2. The average molecular weight is 377 g/mol. The minimum Gasteiger partial charge on any atom is -0.493 e. The second kappa shape index (κ2) is 7.55. The van der Waals surface area contributed by atoms with Crippen molar-refractivity contribution in [2.75, 3.05) is 27.4 Å². The highest BCUT2D eigenvalue weighted by atomic mass is 32.2. The molecule has 26 heavy (non-hydrogen) atoms. The van der Waals surface area contributed by atoms with Gasteiger partial charge in [-0.25, -0.2) is 8.42 Å². The van der Waals surface area contributed by atoms with Crippen LogP contribution in [0.4, 0.5) is 0 Å². The molecular formula is C19H23NO5S. The lowest BCUT2D eigenvalue weighted by Gasteiger charge is -2.21. The van der Waals surface area contributed by atoms with Gasteiger partial charge >= 0.3 is 0 Å². The zero-order chi connectivity index (χ0) is 18.7. The van der Waals surface area contributed by atoms with Crippen LogP contribution in [0.3, 0.4) is 0 Å². The van der Waals surface area contributed by atoms with Crippen molar-refractivity contribution in [3.63, 3.8) is 0 Å². The fraction of sp³-hybridized carbons (Fsp3) is 0.368. The molecule has 0 aromatic heterocycles. The van der Waals surface area contributed by atoms with E-state index in [-0.39, 0.29) is 6.54 Å². The first-order valence-corrected chi connectivity index (χ1v) is 9.90. The van der Waals surface area contributed by atoms with Crippen molar-refractivity contribution >= 4 is 10.0 Å². The first-order chi connectivity index (χ1) is 12.5. The number of sulfonamides is 1. The van der Waals surface area contributed by atoms with E-state index in [9.17, 15) is 8.42 Å². The molecule has 1 aliphatic heterocycles. The summed E-state index contributed by atoms with van der Waals surface area (Å²) in [5.74, 6) is 1.96. The van der Waals surface area contributed by atoms with E-state index in [2.05, 4.69) is 0 Å². The van der Waals surface area contributed by atoms with Gasteiger partial charge in [0.1, 0.15) is 5.75 Å². The van der Waals surface area contributed by atoms with Crippen molar-refractivity contribution in [3.8, 4) is 17.2 Å². The Balaban J connectivity index is 1.88. The maximum atomic E-state index is 13.1. The van der Waals surface area contributed by atoms with Gasteiger partial charge in [0.2, 0.25) is 10.0 Å². The Morgan fingerprint density at radius 1 is 1.08 bits per heavy atom. The van der Waals surface area contributed by atoms with Crippen molar-refractivity contribution < 1.29 is 22.6 Å². The van der Waals surface area contributed by atoms with Crippen molar-refractivity contribution in [2.24, 2.45) is 0 Å². The number of benzene rings is 2. The fourth-order valence-corrected chi connectivity index (χ4v) is 4.51. The van der Waals surface area contributed by atoms with Gasteiger partial charge in [0, 0.05) is 19.5 Å². The van der Waals surface area contributed by atoms with Crippen LogP contribution < -0.4 is 14.2 Å². The van der Waals surface area contributed by atoms with Crippen LogP contribution in [-0.4, -0.2) is 40.1 Å². The van der Waals surface area contributed by atoms with E-state index >= 15 is 0 Å². The SMILES string of the molecule is CCN(Cc1ccc(OC)c(OC)c1)S(=O)(=O)c1ccc2c(c1)CCO2. The molecule has 0 spiro atoms. The summed E-state index contributed by atoms with van der Waals surface area (Å²) in [7, 11) is -0.475. The summed E-state index contributed by atoms with van der Waals surface area (Å²) in [5.41, 5.74) is 1.77. The van der Waals surface area contributed by atoms with Gasteiger partial charge in [-0.05, 0) is 41.5 Å². The average Bonchev–Trinajstić information content (AvgIpc) is 3.13. The summed E-state index contributed by atoms with van der Waals surface area (Å²) in [6.45, 7) is 3.05. The normalized spacial score (nSPS) is 13.4. The zero-order valence-electron chi connectivity index (χ0n) is 15.2. The zero-order valence-corrected chi connectivity index (χ0v) is 16.0. The Bertz CT molecular complexity index is 895. The molecule has 0 fully saturated rings. The minimum absolute atomic E-state index is 0.257. The third-order valence-electron chi connectivity index (χ3n) is 4.46. The van der Waals surface area contributed by atoms with Gasteiger partial charge in [-0.2, -0.15) is 4.31 Å². The molecule has 140 valence electrons. The number of hydrogen-bond donors (Lipinski definition) is 0. The highest BCUT2D eigenvalue weighted by molar-refractivity contribution is 7.89. The van der Waals surface area contributed by atoms with E-state index in [1.54, 1.807) is 44.6 Å². The molecular weight excluding hydrogens is 354 g/mol. The summed E-state index contributed by atoms with van der Waals surface area (Å²) >= 11 is 0. The Morgan fingerprint density at radius 2 is 1.85 bits per heavy atom. The molecule has 0 unspecified atom stereocenters. The van der Waals surface area contributed by atoms with Gasteiger partial charge in [-0.3, -0.25) is 0 Å². The second-order valence-electron chi connectivity index (χ2n) is 5.99. The molecule has 1 aliphatic rings. The lowest BCUT2D eigenvalue weighted by molar-refractivity contribution is 0.353. The molecule has 2 aromatic carbocycles. The monoisotopic (exact) mass is 377 g/mol. The third-order valence-corrected chi connectivity index (χ3v) is 6.38. The van der Waals surface area contributed by atoms with Crippen LogP contribution in [0.25, 0.3) is 0 Å². The van der Waals surface area contributed by atoms with E-state index in [1.165, 1.54) is 4.31 Å². The first-order valence-electron chi connectivity index (χ1n) is 8.46. The van der Waals surface area contributed by atoms with Gasteiger partial charge in [-0.1, -0.05) is 13.0 Å². The molecule has 0 N–H and O–H groups in total. The van der Waals surface area contributed by atoms with Crippen molar-refractivity contribution in [1.82, 2.24) is 4.31 Å². The van der Waals surface area contributed by atoms with Crippen LogP contribution >= 0.6 is 0 Å². The van der Waals surface area contributed by atoms with Gasteiger partial charge in [-0.15, -0.1) is 0 Å². The van der Waals surface area contributed by atoms with Gasteiger partial charge < -0.3 is 14.2 Å². The van der Waals surface area contributed by atoms with Crippen LogP contribution in [0.15, 0.2) is 41.3 Å². The quantitative estimate of drug-likeness (QED) is 0.742. The number of hydrogen-bond acceptors (Lipinski definition) is 5. The number of fused-ring (bicyclic) bond motifs is 1. The Labute approximate surface area is 154 Å². The molecule has 0 aliphatic carbocycles. The Kier molecular flexibility index (Phi) is 5.38. The topological polar surface area (TPSA) is 65.1 Å². The fourth-order valence-electron chi connectivity index (χ4n) is 3.02. The molecule has 3 rings (SSSR count). The van der Waals surface area contributed by atoms with Crippen molar-refractivity contribution in [1.29, 1.82) is 0 Å². The molecule has 6 nitrogen and oxygen atoms in total. The largest absolute Gasteiger partial charge is 0.493 e. The Morgan fingerprint density at radius 3 is 2.54 bits per heavy atom. The maximum absolute atomic E-state index is 13.1. The van der Waals surface area contributed by atoms with E-state index in [4.69, 9.17) is 14.2 Å². The molecule has 2 aromatic rings. The van der Waals surface area contributed by atoms with E-state index in [0.29, 0.717) is 29.5 Å². The van der Waals surface area contributed by atoms with Crippen molar-refractivity contribution in [2.45, 2.75) is 24.8 Å². The van der Waals surface area contributed by atoms with Crippen LogP contribution in [0, 0.1) is 0 Å². The summed E-state index contributed by atoms with van der Waals surface area (Å²) < 4.78 is 43.6. The number of ether oxygens (including phenoxy) is 3. The minimum atomic E-state index is -3.60. The van der Waals surface area contributed by atoms with Crippen molar-refractivity contribution in [3.05, 3.63) is 47.5 Å². The van der Waals surface area contributed by atoms with Crippen LogP contribution in [-0.2, 0) is 23.0 Å². The summed E-state index contributed by atoms with van der Waals surface area (Å²) in [6.07, 6.45) is 0.737. The predicted molar refractivity (Wildman–Crippen MR) is 98.5 cm³/mol. The Hall–Kier alpha value is -2.25. The molecule has 0 amide bonds. The molecule has 0 bridgehead atoms. The highest BCUT2D eigenvalue weighted by Gasteiger charge is 2.25. The standard InChI is InChI=1S/C19H23NO5S/c1-4-20(13-14-5-7-18(23-2)19(11-14)24-3)26(21,22)16-6-8-17-15(12-16)9-10-25-17/h5-8,11-12H,4,9-10,13H2,1-3H3. The predicted octanol–water partition coefficient (Wildman–Crippen LogP) is 2.85. The second-order valence-corrected chi connectivity index (χ2v) is 7.93. The van der Waals surface area contributed by atoms with E-state index in [1.807, 2.05) is 13.0 Å². The van der Waals surface area contributed by atoms with Gasteiger partial charge in [0.15, 0.2) is 11.5 Å². The van der Waals surface area contributed by atoms with Crippen LogP contribution in [0.5, 0.6) is 17.2 Å². The molecule has 0 saturated carbocycles. The van der Waals surface area contributed by atoms with Gasteiger partial charge in [0.05, 0.1) is 25.7 Å². The van der Waals surface area contributed by atoms with E-state index < -0.39 is 10.0 Å². The number of nitrogens with zero attached hydrogens (tertiary/aromatic N) is 1. The van der Waals surface area contributed by atoms with Crippen LogP contribution in [0.2, 0.25) is 0 Å². The number of rotatable bonds is 7. The smallest absolute Gasteiger partial charge is 0.243 e. The molecule has 0 radical (unpaired) electrons. The summed E-state index contributed by atoms with van der Waals surface area (Å²) in [4.78, 5) is 0.295. The van der Waals surface area contributed by atoms with E-state index in [0.717, 1.165) is 23.3 Å². The summed E-state index contributed by atoms with van der Waals surface area (Å²) in [6, 6.07) is 10.5. The first kappa shape index (κ1) is 18.5. The highest BCUT2D eigenvalue weighted by Crippen LogP contribution is 2.31. The molecule has 0 atom stereocenters. The van der Waals surface area contributed by atoms with Crippen LogP contribution in [0.1, 0.15) is 18.1 Å². The molecule has 7 heteroatoms. The maximum Gasteiger partial charge on any atom is 0.243 e. The lowest BCUT2D eigenvalue weighted by Crippen LogP contribution is -2.30. The summed E-state index contributed by atoms with van der Waals surface area (Å²) in [5, 5.41) is 0.